The minimum Gasteiger partial charge on any atom is -0.396 e. The number of aliphatic hydroxyl groups is 1. The molecule has 0 aliphatic heterocycles. The summed E-state index contributed by atoms with van der Waals surface area (Å²) in [4.78, 5) is 9.08. The zero-order chi connectivity index (χ0) is 12.5. The van der Waals surface area contributed by atoms with Crippen molar-refractivity contribution in [2.24, 2.45) is 0 Å². The molecule has 4 heteroatoms. The van der Waals surface area contributed by atoms with Gasteiger partial charge in [-0.3, -0.25) is 0 Å². The minimum atomic E-state index is 0.151. The molecule has 2 aromatic heterocycles. The lowest BCUT2D eigenvalue weighted by molar-refractivity contribution is 0.298. The van der Waals surface area contributed by atoms with Gasteiger partial charge in [-0.05, 0) is 13.0 Å². The molecule has 0 saturated heterocycles. The first-order valence-corrected chi connectivity index (χ1v) is 6.75. The number of hydrogen-bond donors (Lipinski definition) is 2. The van der Waals surface area contributed by atoms with Crippen LogP contribution in [0.5, 0.6) is 0 Å². The SMILES string of the molecule is Cc1sc(-c2c[nH]c3ccccc23)nc1CCO. The molecule has 0 radical (unpaired) electrons. The van der Waals surface area contributed by atoms with E-state index in [1.165, 1.54) is 10.3 Å². The van der Waals surface area contributed by atoms with E-state index in [9.17, 15) is 0 Å². The second kappa shape index (κ2) is 4.55. The smallest absolute Gasteiger partial charge is 0.126 e. The number of aliphatic hydroxyl groups excluding tert-OH is 1. The number of fused-ring (bicyclic) bond motifs is 1. The highest BCUT2D eigenvalue weighted by molar-refractivity contribution is 7.15. The number of aryl methyl sites for hydroxylation is 1. The zero-order valence-corrected chi connectivity index (χ0v) is 10.9. The van der Waals surface area contributed by atoms with E-state index in [1.54, 1.807) is 11.3 Å². The second-order valence-corrected chi connectivity index (χ2v) is 5.45. The van der Waals surface area contributed by atoms with E-state index in [1.807, 2.05) is 18.3 Å². The molecule has 0 unspecified atom stereocenters. The summed E-state index contributed by atoms with van der Waals surface area (Å²) in [6.07, 6.45) is 2.64. The van der Waals surface area contributed by atoms with Crippen molar-refractivity contribution in [2.45, 2.75) is 13.3 Å². The number of H-pyrrole nitrogens is 1. The zero-order valence-electron chi connectivity index (χ0n) is 10.1. The highest BCUT2D eigenvalue weighted by atomic mass is 32.1. The number of nitrogens with one attached hydrogen (secondary N) is 1. The monoisotopic (exact) mass is 258 g/mol. The fourth-order valence-corrected chi connectivity index (χ4v) is 3.12. The van der Waals surface area contributed by atoms with Gasteiger partial charge in [-0.15, -0.1) is 11.3 Å². The Morgan fingerprint density at radius 3 is 3.00 bits per heavy atom. The molecule has 0 aliphatic rings. The fraction of sp³-hybridized carbons (Fsp3) is 0.214. The summed E-state index contributed by atoms with van der Waals surface area (Å²) in [5.41, 5.74) is 3.27. The maximum absolute atomic E-state index is 9.01. The molecule has 92 valence electrons. The van der Waals surface area contributed by atoms with Crippen LogP contribution >= 0.6 is 11.3 Å². The molecular formula is C14H14N2OS. The van der Waals surface area contributed by atoms with Gasteiger partial charge in [-0.25, -0.2) is 4.98 Å². The first kappa shape index (κ1) is 11.4. The van der Waals surface area contributed by atoms with E-state index in [-0.39, 0.29) is 6.61 Å². The van der Waals surface area contributed by atoms with Gasteiger partial charge in [0.05, 0.1) is 5.69 Å². The van der Waals surface area contributed by atoms with Gasteiger partial charge in [-0.2, -0.15) is 0 Å². The van der Waals surface area contributed by atoms with Gasteiger partial charge in [0.25, 0.3) is 0 Å². The number of benzene rings is 1. The summed E-state index contributed by atoms with van der Waals surface area (Å²) in [6.45, 7) is 2.21. The highest BCUT2D eigenvalue weighted by Gasteiger charge is 2.12. The van der Waals surface area contributed by atoms with Crippen LogP contribution in [0.2, 0.25) is 0 Å². The molecule has 2 heterocycles. The van der Waals surface area contributed by atoms with Crippen LogP contribution in [0.15, 0.2) is 30.5 Å². The van der Waals surface area contributed by atoms with E-state index >= 15 is 0 Å². The van der Waals surface area contributed by atoms with Crippen LogP contribution in [-0.2, 0) is 6.42 Å². The molecular weight excluding hydrogens is 244 g/mol. The predicted molar refractivity (Wildman–Crippen MR) is 74.9 cm³/mol. The van der Waals surface area contributed by atoms with Gasteiger partial charge in [0.15, 0.2) is 0 Å². The molecule has 0 aliphatic carbocycles. The quantitative estimate of drug-likeness (QED) is 0.758. The van der Waals surface area contributed by atoms with Crippen molar-refractivity contribution in [3.05, 3.63) is 41.0 Å². The summed E-state index contributed by atoms with van der Waals surface area (Å²) in [5, 5.41) is 11.2. The van der Waals surface area contributed by atoms with Crippen molar-refractivity contribution in [3.8, 4) is 10.6 Å². The second-order valence-electron chi connectivity index (χ2n) is 4.24. The Bertz CT molecular complexity index is 684. The van der Waals surface area contributed by atoms with Crippen LogP contribution in [0.3, 0.4) is 0 Å². The summed E-state index contributed by atoms with van der Waals surface area (Å²) in [7, 11) is 0. The van der Waals surface area contributed by atoms with E-state index in [4.69, 9.17) is 5.11 Å². The van der Waals surface area contributed by atoms with E-state index in [2.05, 4.69) is 29.0 Å². The molecule has 0 amide bonds. The highest BCUT2D eigenvalue weighted by Crippen LogP contribution is 2.33. The Hall–Kier alpha value is -1.65. The number of aromatic nitrogens is 2. The van der Waals surface area contributed by atoms with Gasteiger partial charge >= 0.3 is 0 Å². The molecule has 3 nitrogen and oxygen atoms in total. The summed E-state index contributed by atoms with van der Waals surface area (Å²) >= 11 is 1.68. The molecule has 3 rings (SSSR count). The third-order valence-corrected chi connectivity index (χ3v) is 4.11. The van der Waals surface area contributed by atoms with Gasteiger partial charge in [0.1, 0.15) is 5.01 Å². The average molecular weight is 258 g/mol. The van der Waals surface area contributed by atoms with Gasteiger partial charge in [-0.1, -0.05) is 18.2 Å². The van der Waals surface area contributed by atoms with Crippen LogP contribution in [-0.4, -0.2) is 21.7 Å². The lowest BCUT2D eigenvalue weighted by Gasteiger charge is -1.93. The Kier molecular flexibility index (Phi) is 2.89. The third kappa shape index (κ3) is 1.83. The van der Waals surface area contributed by atoms with Crippen molar-refractivity contribution in [2.75, 3.05) is 6.61 Å². The maximum Gasteiger partial charge on any atom is 0.126 e. The van der Waals surface area contributed by atoms with E-state index < -0.39 is 0 Å². The molecule has 0 saturated carbocycles. The molecule has 1 aromatic carbocycles. The van der Waals surface area contributed by atoms with Crippen molar-refractivity contribution in [1.82, 2.24) is 9.97 Å². The predicted octanol–water partition coefficient (Wildman–Crippen LogP) is 3.13. The Labute approximate surface area is 109 Å². The van der Waals surface area contributed by atoms with Crippen LogP contribution in [0.25, 0.3) is 21.5 Å². The van der Waals surface area contributed by atoms with Crippen LogP contribution in [0.4, 0.5) is 0 Å². The lowest BCUT2D eigenvalue weighted by atomic mass is 10.2. The molecule has 3 aromatic rings. The first-order chi connectivity index (χ1) is 8.79. The van der Waals surface area contributed by atoms with E-state index in [0.717, 1.165) is 21.8 Å². The topological polar surface area (TPSA) is 48.9 Å². The van der Waals surface area contributed by atoms with Crippen molar-refractivity contribution in [1.29, 1.82) is 0 Å². The largest absolute Gasteiger partial charge is 0.396 e. The number of nitrogens with zero attached hydrogens (tertiary/aromatic N) is 1. The average Bonchev–Trinajstić information content (AvgIpc) is 2.94. The van der Waals surface area contributed by atoms with E-state index in [0.29, 0.717) is 6.42 Å². The number of thiazole rings is 1. The minimum absolute atomic E-state index is 0.151. The standard InChI is InChI=1S/C14H14N2OS/c1-9-12(6-7-17)16-14(18-9)11-8-15-13-5-3-2-4-10(11)13/h2-5,8,15,17H,6-7H2,1H3. The Balaban J connectivity index is 2.11. The van der Waals surface area contributed by atoms with Gasteiger partial charge < -0.3 is 10.1 Å². The van der Waals surface area contributed by atoms with Crippen LogP contribution < -0.4 is 0 Å². The summed E-state index contributed by atoms with van der Waals surface area (Å²) < 4.78 is 0. The Morgan fingerprint density at radius 1 is 1.33 bits per heavy atom. The number of para-hydroxylation sites is 1. The maximum atomic E-state index is 9.01. The van der Waals surface area contributed by atoms with Crippen molar-refractivity contribution in [3.63, 3.8) is 0 Å². The third-order valence-electron chi connectivity index (χ3n) is 3.06. The number of rotatable bonds is 3. The van der Waals surface area contributed by atoms with Crippen molar-refractivity contribution < 1.29 is 5.11 Å². The molecule has 0 fully saturated rings. The number of aromatic amines is 1. The lowest BCUT2D eigenvalue weighted by Crippen LogP contribution is -1.92. The molecule has 0 bridgehead atoms. The van der Waals surface area contributed by atoms with Gasteiger partial charge in [0, 0.05) is 40.6 Å². The van der Waals surface area contributed by atoms with Crippen LogP contribution in [0.1, 0.15) is 10.6 Å². The first-order valence-electron chi connectivity index (χ1n) is 5.93. The molecule has 2 N–H and O–H groups in total. The molecule has 18 heavy (non-hydrogen) atoms. The Morgan fingerprint density at radius 2 is 2.17 bits per heavy atom. The molecule has 0 atom stereocenters. The van der Waals surface area contributed by atoms with Gasteiger partial charge in [0.2, 0.25) is 0 Å². The fourth-order valence-electron chi connectivity index (χ4n) is 2.13. The normalized spacial score (nSPS) is 11.2. The summed E-state index contributed by atoms with van der Waals surface area (Å²) in [5.74, 6) is 0. The van der Waals surface area contributed by atoms with Crippen molar-refractivity contribution >= 4 is 22.2 Å². The molecule has 0 spiro atoms. The summed E-state index contributed by atoms with van der Waals surface area (Å²) in [6, 6.07) is 8.22. The van der Waals surface area contributed by atoms with Crippen LogP contribution in [0, 0.1) is 6.92 Å². The number of hydrogen-bond acceptors (Lipinski definition) is 3.